The zero-order valence-electron chi connectivity index (χ0n) is 19.0. The Morgan fingerprint density at radius 3 is 3.00 bits per heavy atom. The van der Waals surface area contributed by atoms with E-state index in [4.69, 9.17) is 4.74 Å². The van der Waals surface area contributed by atoms with Gasteiger partial charge in [0.05, 0.1) is 18.7 Å². The SMILES string of the molecule is C=CCCC(O)CN(CC(=O)N1CCc2sccc2C1COc1cccc(F)c1)CC1CC1. The Morgan fingerprint density at radius 1 is 1.39 bits per heavy atom. The molecule has 2 unspecified atom stereocenters. The van der Waals surface area contributed by atoms with Gasteiger partial charge >= 0.3 is 0 Å². The monoisotopic (exact) mass is 472 g/mol. The van der Waals surface area contributed by atoms with Gasteiger partial charge in [-0.05, 0) is 67.2 Å². The average molecular weight is 473 g/mol. The number of aliphatic hydroxyl groups excluding tert-OH is 1. The lowest BCUT2D eigenvalue weighted by atomic mass is 10.0. The number of aliphatic hydroxyl groups is 1. The maximum atomic E-state index is 13.6. The molecule has 4 rings (SSSR count). The Morgan fingerprint density at radius 2 is 2.24 bits per heavy atom. The number of ether oxygens (including phenoxy) is 1. The van der Waals surface area contributed by atoms with E-state index in [1.807, 2.05) is 11.0 Å². The zero-order valence-corrected chi connectivity index (χ0v) is 19.8. The van der Waals surface area contributed by atoms with Crippen molar-refractivity contribution in [3.05, 3.63) is 64.6 Å². The lowest BCUT2D eigenvalue weighted by Gasteiger charge is -2.37. The van der Waals surface area contributed by atoms with Crippen LogP contribution < -0.4 is 4.74 Å². The fraction of sp³-hybridized carbons (Fsp3) is 0.500. The van der Waals surface area contributed by atoms with Crippen molar-refractivity contribution in [2.75, 3.05) is 32.8 Å². The lowest BCUT2D eigenvalue weighted by Crippen LogP contribution is -2.48. The van der Waals surface area contributed by atoms with Crippen LogP contribution >= 0.6 is 11.3 Å². The van der Waals surface area contributed by atoms with Crippen LogP contribution in [0.4, 0.5) is 4.39 Å². The largest absolute Gasteiger partial charge is 0.491 e. The standard InChI is InChI=1S/C26H33FN2O3S/c1-2-3-6-21(30)16-28(15-19-8-9-19)17-26(31)29-12-10-25-23(11-13-33-25)24(29)18-32-22-7-4-5-20(27)14-22/h2,4-5,7,11,13-14,19,21,24,30H,1,3,6,8-10,12,15-18H2. The van der Waals surface area contributed by atoms with Crippen molar-refractivity contribution in [3.63, 3.8) is 0 Å². The van der Waals surface area contributed by atoms with Crippen LogP contribution in [0.3, 0.4) is 0 Å². The summed E-state index contributed by atoms with van der Waals surface area (Å²) in [5, 5.41) is 12.5. The maximum Gasteiger partial charge on any atom is 0.237 e. The number of carbonyl (C=O) groups is 1. The van der Waals surface area contributed by atoms with Gasteiger partial charge in [0.2, 0.25) is 5.91 Å². The molecule has 178 valence electrons. The van der Waals surface area contributed by atoms with E-state index in [0.717, 1.165) is 24.9 Å². The molecule has 7 heteroatoms. The summed E-state index contributed by atoms with van der Waals surface area (Å²) < 4.78 is 19.5. The summed E-state index contributed by atoms with van der Waals surface area (Å²) in [6.45, 7) is 6.28. The summed E-state index contributed by atoms with van der Waals surface area (Å²) in [5.74, 6) is 0.800. The molecule has 1 saturated carbocycles. The van der Waals surface area contributed by atoms with E-state index >= 15 is 0 Å². The molecule has 1 aromatic heterocycles. The molecule has 1 aliphatic carbocycles. The van der Waals surface area contributed by atoms with E-state index in [9.17, 15) is 14.3 Å². The molecular formula is C26H33FN2O3S. The van der Waals surface area contributed by atoms with Crippen LogP contribution in [0.25, 0.3) is 0 Å². The quantitative estimate of drug-likeness (QED) is 0.465. The first-order valence-corrected chi connectivity index (χ1v) is 12.7. The number of hydrogen-bond acceptors (Lipinski definition) is 5. The summed E-state index contributed by atoms with van der Waals surface area (Å²) in [5.41, 5.74) is 1.12. The van der Waals surface area contributed by atoms with Gasteiger partial charge in [0.25, 0.3) is 0 Å². The Hall–Kier alpha value is -2.22. The van der Waals surface area contributed by atoms with Crippen molar-refractivity contribution in [3.8, 4) is 5.75 Å². The third kappa shape index (κ3) is 6.65. The summed E-state index contributed by atoms with van der Waals surface area (Å²) in [6, 6.07) is 7.97. The molecule has 1 aromatic carbocycles. The first-order valence-electron chi connectivity index (χ1n) is 11.8. The minimum Gasteiger partial charge on any atom is -0.491 e. The molecule has 33 heavy (non-hydrogen) atoms. The average Bonchev–Trinajstić information content (AvgIpc) is 3.47. The topological polar surface area (TPSA) is 53.0 Å². The van der Waals surface area contributed by atoms with E-state index in [1.165, 1.54) is 29.9 Å². The van der Waals surface area contributed by atoms with Gasteiger partial charge in [-0.1, -0.05) is 12.1 Å². The molecule has 1 fully saturated rings. The highest BCUT2D eigenvalue weighted by molar-refractivity contribution is 7.10. The van der Waals surface area contributed by atoms with Gasteiger partial charge in [0, 0.05) is 30.6 Å². The van der Waals surface area contributed by atoms with Crippen molar-refractivity contribution in [1.29, 1.82) is 0 Å². The Kier molecular flexibility index (Phi) is 8.17. The van der Waals surface area contributed by atoms with Crippen LogP contribution in [0.1, 0.15) is 42.2 Å². The minimum absolute atomic E-state index is 0.0521. The van der Waals surface area contributed by atoms with Gasteiger partial charge in [0.15, 0.2) is 0 Å². The van der Waals surface area contributed by atoms with Crippen LogP contribution in [0.5, 0.6) is 5.75 Å². The van der Waals surface area contributed by atoms with Crippen LogP contribution in [0, 0.1) is 11.7 Å². The number of amides is 1. The highest BCUT2D eigenvalue weighted by Gasteiger charge is 2.34. The maximum absolute atomic E-state index is 13.6. The van der Waals surface area contributed by atoms with Crippen molar-refractivity contribution in [2.24, 2.45) is 5.92 Å². The first-order chi connectivity index (χ1) is 16.0. The van der Waals surface area contributed by atoms with Gasteiger partial charge in [-0.25, -0.2) is 4.39 Å². The molecular weight excluding hydrogens is 439 g/mol. The van der Waals surface area contributed by atoms with Crippen LogP contribution in [-0.4, -0.2) is 59.7 Å². The third-order valence-electron chi connectivity index (χ3n) is 6.36. The van der Waals surface area contributed by atoms with E-state index in [0.29, 0.717) is 31.2 Å². The van der Waals surface area contributed by atoms with Gasteiger partial charge in [-0.3, -0.25) is 9.69 Å². The summed E-state index contributed by atoms with van der Waals surface area (Å²) in [7, 11) is 0. The Balaban J connectivity index is 1.44. The summed E-state index contributed by atoms with van der Waals surface area (Å²) >= 11 is 1.71. The van der Waals surface area contributed by atoms with Crippen LogP contribution in [-0.2, 0) is 11.2 Å². The minimum atomic E-state index is -0.466. The molecule has 2 aromatic rings. The number of benzene rings is 1. The van der Waals surface area contributed by atoms with Gasteiger partial charge in [0.1, 0.15) is 18.2 Å². The molecule has 2 heterocycles. The Labute approximate surface area is 199 Å². The van der Waals surface area contributed by atoms with Crippen molar-refractivity contribution >= 4 is 17.2 Å². The fourth-order valence-electron chi connectivity index (χ4n) is 4.46. The zero-order chi connectivity index (χ0) is 23.2. The van der Waals surface area contributed by atoms with E-state index in [1.54, 1.807) is 23.5 Å². The first kappa shape index (κ1) is 23.9. The molecule has 5 nitrogen and oxygen atoms in total. The second-order valence-corrected chi connectivity index (χ2v) is 10.1. The van der Waals surface area contributed by atoms with Crippen LogP contribution in [0.2, 0.25) is 0 Å². The number of hydrogen-bond donors (Lipinski definition) is 1. The molecule has 1 N–H and O–H groups in total. The highest BCUT2D eigenvalue weighted by Crippen LogP contribution is 2.34. The van der Waals surface area contributed by atoms with Crippen molar-refractivity contribution in [2.45, 2.75) is 44.2 Å². The molecule has 2 aliphatic rings. The number of fused-ring (bicyclic) bond motifs is 1. The smallest absolute Gasteiger partial charge is 0.237 e. The number of thiophene rings is 1. The van der Waals surface area contributed by atoms with E-state index in [2.05, 4.69) is 22.9 Å². The number of allylic oxidation sites excluding steroid dienone is 1. The lowest BCUT2D eigenvalue weighted by molar-refractivity contribution is -0.136. The fourth-order valence-corrected chi connectivity index (χ4v) is 5.39. The summed E-state index contributed by atoms with van der Waals surface area (Å²) in [4.78, 5) is 18.8. The predicted molar refractivity (Wildman–Crippen MR) is 129 cm³/mol. The highest BCUT2D eigenvalue weighted by atomic mass is 32.1. The van der Waals surface area contributed by atoms with E-state index < -0.39 is 6.10 Å². The van der Waals surface area contributed by atoms with Crippen LogP contribution in [0.15, 0.2) is 48.4 Å². The normalized spacial score (nSPS) is 18.8. The van der Waals surface area contributed by atoms with Gasteiger partial charge < -0.3 is 14.7 Å². The van der Waals surface area contributed by atoms with E-state index in [-0.39, 0.29) is 30.9 Å². The number of carbonyl (C=O) groups excluding carboxylic acids is 1. The second kappa shape index (κ2) is 11.3. The molecule has 0 radical (unpaired) electrons. The Bertz CT molecular complexity index is 945. The molecule has 0 saturated heterocycles. The molecule has 0 bridgehead atoms. The number of halogens is 1. The molecule has 2 atom stereocenters. The third-order valence-corrected chi connectivity index (χ3v) is 7.36. The van der Waals surface area contributed by atoms with Crippen molar-refractivity contribution in [1.82, 2.24) is 9.80 Å². The van der Waals surface area contributed by atoms with Crippen molar-refractivity contribution < 1.29 is 19.0 Å². The van der Waals surface area contributed by atoms with Gasteiger partial charge in [-0.2, -0.15) is 0 Å². The molecule has 1 aliphatic heterocycles. The predicted octanol–water partition coefficient (Wildman–Crippen LogP) is 4.43. The molecule has 0 spiro atoms. The number of rotatable bonds is 12. The summed E-state index contributed by atoms with van der Waals surface area (Å²) in [6.07, 6.45) is 5.99. The number of nitrogens with zero attached hydrogens (tertiary/aromatic N) is 2. The van der Waals surface area contributed by atoms with Gasteiger partial charge in [-0.15, -0.1) is 17.9 Å². The molecule has 1 amide bonds. The second-order valence-electron chi connectivity index (χ2n) is 9.08.